The molecule has 12 heteroatoms. The number of para-hydroxylation sites is 1. The van der Waals surface area contributed by atoms with Gasteiger partial charge in [-0.2, -0.15) is 0 Å². The SMILES string of the molecule is O=C1SC(=Cc2cc(I)c(OCc3ccc(Cl)c(Cl)c3)c(I)c2)C(=O)N1Cc1ccccc1[N+](=O)[O-]. The van der Waals surface area contributed by atoms with Gasteiger partial charge in [0.2, 0.25) is 0 Å². The normalized spacial score (nSPS) is 14.6. The van der Waals surface area contributed by atoms with E-state index in [9.17, 15) is 19.7 Å². The van der Waals surface area contributed by atoms with Crippen LogP contribution in [0.15, 0.2) is 59.5 Å². The average Bonchev–Trinajstić information content (AvgIpc) is 3.08. The van der Waals surface area contributed by atoms with Crippen molar-refractivity contribution in [3.63, 3.8) is 0 Å². The smallest absolute Gasteiger partial charge is 0.293 e. The number of carbonyl (C=O) groups excluding carboxylic acids is 2. The number of carbonyl (C=O) groups is 2. The van der Waals surface area contributed by atoms with Crippen molar-refractivity contribution in [3.8, 4) is 5.75 Å². The average molecular weight is 767 g/mol. The third kappa shape index (κ3) is 6.15. The van der Waals surface area contributed by atoms with E-state index in [-0.39, 0.29) is 17.1 Å². The molecule has 1 fully saturated rings. The minimum atomic E-state index is -0.528. The van der Waals surface area contributed by atoms with Gasteiger partial charge in [0.05, 0.1) is 33.6 Å². The minimum absolute atomic E-state index is 0.138. The van der Waals surface area contributed by atoms with E-state index in [2.05, 4.69) is 45.2 Å². The van der Waals surface area contributed by atoms with Gasteiger partial charge in [0.25, 0.3) is 16.8 Å². The van der Waals surface area contributed by atoms with Crippen molar-refractivity contribution < 1.29 is 19.2 Å². The molecular weight excluding hydrogens is 753 g/mol. The Bertz CT molecular complexity index is 1410. The van der Waals surface area contributed by atoms with Crippen LogP contribution in [0.5, 0.6) is 5.75 Å². The molecule has 3 aromatic carbocycles. The Balaban J connectivity index is 1.51. The summed E-state index contributed by atoms with van der Waals surface area (Å²) in [6, 6.07) is 15.0. The summed E-state index contributed by atoms with van der Waals surface area (Å²) in [7, 11) is 0. The third-order valence-electron chi connectivity index (χ3n) is 5.08. The molecule has 7 nitrogen and oxygen atoms in total. The molecule has 1 heterocycles. The number of hydrogen-bond acceptors (Lipinski definition) is 6. The van der Waals surface area contributed by atoms with Crippen LogP contribution in [0.25, 0.3) is 6.08 Å². The van der Waals surface area contributed by atoms with Crippen LogP contribution < -0.4 is 4.74 Å². The van der Waals surface area contributed by atoms with Gasteiger partial charge < -0.3 is 4.74 Å². The number of imide groups is 1. The molecule has 0 aliphatic carbocycles. The molecule has 3 aromatic rings. The maximum Gasteiger partial charge on any atom is 0.293 e. The van der Waals surface area contributed by atoms with Gasteiger partial charge in [-0.25, -0.2) is 0 Å². The molecule has 2 amide bonds. The van der Waals surface area contributed by atoms with E-state index in [0.29, 0.717) is 28.0 Å². The van der Waals surface area contributed by atoms with E-state index in [1.54, 1.807) is 24.3 Å². The molecule has 1 aliphatic rings. The maximum atomic E-state index is 13.0. The predicted octanol–water partition coefficient (Wildman–Crippen LogP) is 7.93. The number of nitro groups is 1. The zero-order valence-electron chi connectivity index (χ0n) is 18.0. The van der Waals surface area contributed by atoms with Crippen molar-refractivity contribution >= 4 is 103 Å². The highest BCUT2D eigenvalue weighted by Gasteiger charge is 2.36. The lowest BCUT2D eigenvalue weighted by Crippen LogP contribution is -2.27. The summed E-state index contributed by atoms with van der Waals surface area (Å²) in [6.07, 6.45) is 1.64. The molecule has 0 N–H and O–H groups in total. The number of ether oxygens (including phenoxy) is 1. The number of nitrogens with zero attached hydrogens (tertiary/aromatic N) is 2. The van der Waals surface area contributed by atoms with Crippen molar-refractivity contribution in [1.82, 2.24) is 4.90 Å². The third-order valence-corrected chi connectivity index (χ3v) is 8.32. The molecular formula is C24H14Cl2I2N2O5S. The second kappa shape index (κ2) is 11.7. The summed E-state index contributed by atoms with van der Waals surface area (Å²) in [5.41, 5.74) is 1.74. The lowest BCUT2D eigenvalue weighted by atomic mass is 10.1. The van der Waals surface area contributed by atoms with Crippen LogP contribution in [-0.4, -0.2) is 21.0 Å². The zero-order chi connectivity index (χ0) is 26.0. The predicted molar refractivity (Wildman–Crippen MR) is 157 cm³/mol. The molecule has 0 radical (unpaired) electrons. The number of halogens is 4. The monoisotopic (exact) mass is 766 g/mol. The molecule has 0 spiro atoms. The second-order valence-corrected chi connectivity index (χ2v) is 11.6. The zero-order valence-corrected chi connectivity index (χ0v) is 24.7. The van der Waals surface area contributed by atoms with Gasteiger partial charge in [-0.15, -0.1) is 0 Å². The van der Waals surface area contributed by atoms with E-state index in [1.165, 1.54) is 18.2 Å². The lowest BCUT2D eigenvalue weighted by molar-refractivity contribution is -0.385. The van der Waals surface area contributed by atoms with Gasteiger partial charge >= 0.3 is 0 Å². The highest BCUT2D eigenvalue weighted by molar-refractivity contribution is 14.1. The van der Waals surface area contributed by atoms with Crippen molar-refractivity contribution in [1.29, 1.82) is 0 Å². The number of rotatable bonds is 7. The van der Waals surface area contributed by atoms with Crippen molar-refractivity contribution in [3.05, 3.63) is 103 Å². The van der Waals surface area contributed by atoms with Crippen LogP contribution >= 0.6 is 80.1 Å². The van der Waals surface area contributed by atoms with Crippen LogP contribution in [-0.2, 0) is 17.9 Å². The first-order chi connectivity index (χ1) is 17.1. The van der Waals surface area contributed by atoms with Gasteiger partial charge in [0.15, 0.2) is 0 Å². The Morgan fingerprint density at radius 3 is 2.39 bits per heavy atom. The number of thioether (sulfide) groups is 1. The number of benzene rings is 3. The van der Waals surface area contributed by atoms with Gasteiger partial charge in [-0.1, -0.05) is 47.5 Å². The van der Waals surface area contributed by atoms with Gasteiger partial charge in [-0.3, -0.25) is 24.6 Å². The van der Waals surface area contributed by atoms with E-state index in [1.807, 2.05) is 18.2 Å². The Morgan fingerprint density at radius 2 is 1.72 bits per heavy atom. The summed E-state index contributed by atoms with van der Waals surface area (Å²) < 4.78 is 7.65. The van der Waals surface area contributed by atoms with E-state index in [4.69, 9.17) is 27.9 Å². The lowest BCUT2D eigenvalue weighted by Gasteiger charge is -2.13. The maximum absolute atomic E-state index is 13.0. The molecule has 0 saturated carbocycles. The number of nitro benzene ring substituents is 1. The number of hydrogen-bond donors (Lipinski definition) is 0. The molecule has 1 saturated heterocycles. The Labute approximate surface area is 247 Å². The number of amides is 2. The fourth-order valence-electron chi connectivity index (χ4n) is 3.37. The first kappa shape index (κ1) is 27.2. The standard InChI is InChI=1S/C24H14Cl2I2N2O5S/c25-16-6-5-13(7-17(16)26)12-35-22-18(27)8-14(9-19(22)28)10-21-23(31)29(24(32)36-21)11-15-3-1-2-4-20(15)30(33)34/h1-10H,11-12H2. The van der Waals surface area contributed by atoms with Crippen molar-refractivity contribution in [2.24, 2.45) is 0 Å². The minimum Gasteiger partial charge on any atom is -0.487 e. The largest absolute Gasteiger partial charge is 0.487 e. The Kier molecular flexibility index (Phi) is 8.81. The van der Waals surface area contributed by atoms with Gasteiger partial charge in [0, 0.05) is 11.6 Å². The summed E-state index contributed by atoms with van der Waals surface area (Å²) in [5.74, 6) is 0.192. The Morgan fingerprint density at radius 1 is 1.03 bits per heavy atom. The molecule has 184 valence electrons. The molecule has 0 bridgehead atoms. The first-order valence-electron chi connectivity index (χ1n) is 10.2. The molecule has 4 rings (SSSR count). The topological polar surface area (TPSA) is 89.8 Å². The highest BCUT2D eigenvalue weighted by atomic mass is 127. The summed E-state index contributed by atoms with van der Waals surface area (Å²) in [5, 5.41) is 11.7. The van der Waals surface area contributed by atoms with Crippen LogP contribution in [0.4, 0.5) is 10.5 Å². The van der Waals surface area contributed by atoms with Crippen LogP contribution in [0.3, 0.4) is 0 Å². The second-order valence-electron chi connectivity index (χ2n) is 7.50. The van der Waals surface area contributed by atoms with Crippen molar-refractivity contribution in [2.75, 3.05) is 0 Å². The fourth-order valence-corrected chi connectivity index (χ4v) is 6.65. The van der Waals surface area contributed by atoms with E-state index in [0.717, 1.165) is 34.9 Å². The highest BCUT2D eigenvalue weighted by Crippen LogP contribution is 2.36. The molecule has 1 aliphatic heterocycles. The van der Waals surface area contributed by atoms with Crippen LogP contribution in [0.1, 0.15) is 16.7 Å². The van der Waals surface area contributed by atoms with Gasteiger partial charge in [-0.05, 0) is 98.4 Å². The molecule has 0 unspecified atom stereocenters. The van der Waals surface area contributed by atoms with E-state index < -0.39 is 16.1 Å². The summed E-state index contributed by atoms with van der Waals surface area (Å²) in [4.78, 5) is 37.5. The quantitative estimate of drug-likeness (QED) is 0.105. The van der Waals surface area contributed by atoms with Crippen LogP contribution in [0, 0.1) is 17.3 Å². The molecule has 0 atom stereocenters. The summed E-state index contributed by atoms with van der Waals surface area (Å²) in [6.45, 7) is 0.127. The van der Waals surface area contributed by atoms with Crippen LogP contribution in [0.2, 0.25) is 10.0 Å². The molecule has 0 aromatic heterocycles. The van der Waals surface area contributed by atoms with E-state index >= 15 is 0 Å². The summed E-state index contributed by atoms with van der Waals surface area (Å²) >= 11 is 17.2. The van der Waals surface area contributed by atoms with Crippen molar-refractivity contribution in [2.45, 2.75) is 13.2 Å². The Hall–Kier alpha value is -1.87. The fraction of sp³-hybridized carbons (Fsp3) is 0.0833. The van der Waals surface area contributed by atoms with Gasteiger partial charge in [0.1, 0.15) is 12.4 Å². The first-order valence-corrected chi connectivity index (χ1v) is 13.9. The molecule has 36 heavy (non-hydrogen) atoms.